The van der Waals surface area contributed by atoms with Crippen molar-refractivity contribution in [1.82, 2.24) is 4.90 Å². The summed E-state index contributed by atoms with van der Waals surface area (Å²) in [4.78, 5) is 54.3. The minimum atomic E-state index is -0.649. The predicted octanol–water partition coefficient (Wildman–Crippen LogP) is 3.33. The summed E-state index contributed by atoms with van der Waals surface area (Å²) in [6.45, 7) is 5.22. The molecule has 8 heteroatoms. The van der Waals surface area contributed by atoms with Gasteiger partial charge in [-0.2, -0.15) is 0 Å². The monoisotopic (exact) mass is 513 g/mol. The van der Waals surface area contributed by atoms with Crippen LogP contribution >= 0.6 is 15.9 Å². The standard InChI is InChI=1S/C25H24BrNO6/c1-25(2,3)27-23(31)13-6-5-12-14(19(13)24(27)32)8-15-20(17(29)9-16(26)22(15)30)21(12)18-7-4-11(10-28)33-18/h4-5,7,9,13-14,19,21,28H,6,8,10H2,1-3H3/t13-,14+,19-,21+/m0/s1. The Balaban J connectivity index is 1.67. The number of fused-ring (bicyclic) bond motifs is 3. The first-order chi connectivity index (χ1) is 15.5. The van der Waals surface area contributed by atoms with Crippen molar-refractivity contribution in [2.75, 3.05) is 0 Å². The number of carbonyl (C=O) groups excluding carboxylic acids is 4. The maximum Gasteiger partial charge on any atom is 0.234 e. The molecule has 7 nitrogen and oxygen atoms in total. The highest BCUT2D eigenvalue weighted by atomic mass is 79.9. The number of nitrogens with zero attached hydrogens (tertiary/aromatic N) is 1. The number of hydrogen-bond acceptors (Lipinski definition) is 6. The van der Waals surface area contributed by atoms with Crippen molar-refractivity contribution < 1.29 is 28.7 Å². The molecular formula is C25H24BrNO6. The van der Waals surface area contributed by atoms with Gasteiger partial charge < -0.3 is 9.52 Å². The third-order valence-electron chi connectivity index (χ3n) is 7.12. The van der Waals surface area contributed by atoms with E-state index >= 15 is 0 Å². The van der Waals surface area contributed by atoms with Crippen LogP contribution in [-0.2, 0) is 25.8 Å². The van der Waals surface area contributed by atoms with Crippen LogP contribution in [0.1, 0.15) is 51.1 Å². The van der Waals surface area contributed by atoms with Crippen molar-refractivity contribution in [3.63, 3.8) is 0 Å². The SMILES string of the molecule is CC(C)(C)N1C(=O)[C@H]2[C@H](CC=C3[C@H](c4ccc(CO)o4)C4=C(C[C@H]32)C(=O)C(Br)=CC4=O)C1=O. The number of allylic oxidation sites excluding steroid dienone is 6. The summed E-state index contributed by atoms with van der Waals surface area (Å²) in [5.74, 6) is -2.29. The molecule has 2 amide bonds. The zero-order chi connectivity index (χ0) is 23.8. The lowest BCUT2D eigenvalue weighted by Crippen LogP contribution is -2.46. The fourth-order valence-electron chi connectivity index (χ4n) is 5.83. The molecule has 4 aliphatic rings. The van der Waals surface area contributed by atoms with Crippen molar-refractivity contribution in [3.05, 3.63) is 57.0 Å². The number of aliphatic hydroxyl groups is 1. The Morgan fingerprint density at radius 2 is 1.85 bits per heavy atom. The van der Waals surface area contributed by atoms with Gasteiger partial charge in [-0.1, -0.05) is 11.6 Å². The minimum absolute atomic E-state index is 0.184. The molecule has 0 saturated carbocycles. The summed E-state index contributed by atoms with van der Waals surface area (Å²) in [5.41, 5.74) is 0.896. The number of furan rings is 1. The van der Waals surface area contributed by atoms with E-state index in [2.05, 4.69) is 15.9 Å². The zero-order valence-electron chi connectivity index (χ0n) is 18.6. The molecule has 4 atom stereocenters. The van der Waals surface area contributed by atoms with Crippen molar-refractivity contribution in [1.29, 1.82) is 0 Å². The third kappa shape index (κ3) is 3.18. The molecular weight excluding hydrogens is 490 g/mol. The number of Topliss-reactive ketones (excluding diaryl/α,β-unsaturated/α-hetero) is 1. The van der Waals surface area contributed by atoms with Crippen LogP contribution in [0.3, 0.4) is 0 Å². The lowest BCUT2D eigenvalue weighted by Gasteiger charge is -2.41. The second-order valence-corrected chi connectivity index (χ2v) is 10.9. The van der Waals surface area contributed by atoms with E-state index in [9.17, 15) is 24.3 Å². The summed E-state index contributed by atoms with van der Waals surface area (Å²) in [6, 6.07) is 3.34. The molecule has 0 bridgehead atoms. The molecule has 1 saturated heterocycles. The van der Waals surface area contributed by atoms with E-state index in [4.69, 9.17) is 4.42 Å². The van der Waals surface area contributed by atoms with Crippen LogP contribution in [0, 0.1) is 17.8 Å². The molecule has 1 fully saturated rings. The van der Waals surface area contributed by atoms with Crippen LogP contribution < -0.4 is 0 Å². The van der Waals surface area contributed by atoms with Crippen molar-refractivity contribution in [3.8, 4) is 0 Å². The molecule has 5 rings (SSSR count). The van der Waals surface area contributed by atoms with Gasteiger partial charge in [0.05, 0.1) is 22.2 Å². The fourth-order valence-corrected chi connectivity index (χ4v) is 6.28. The Morgan fingerprint density at radius 1 is 1.12 bits per heavy atom. The van der Waals surface area contributed by atoms with Crippen LogP contribution in [0.15, 0.2) is 49.9 Å². The van der Waals surface area contributed by atoms with Gasteiger partial charge in [-0.25, -0.2) is 0 Å². The average Bonchev–Trinajstić information content (AvgIpc) is 3.32. The van der Waals surface area contributed by atoms with Gasteiger partial charge in [0, 0.05) is 22.8 Å². The molecule has 1 N–H and O–H groups in total. The van der Waals surface area contributed by atoms with Gasteiger partial charge in [0.15, 0.2) is 11.6 Å². The Kier molecular flexibility index (Phi) is 5.03. The Bertz CT molecular complexity index is 1210. The summed E-state index contributed by atoms with van der Waals surface area (Å²) in [5, 5.41) is 9.49. The van der Waals surface area contributed by atoms with Gasteiger partial charge in [0.2, 0.25) is 11.8 Å². The molecule has 0 radical (unpaired) electrons. The number of hydrogen-bond donors (Lipinski definition) is 1. The maximum absolute atomic E-state index is 13.5. The van der Waals surface area contributed by atoms with E-state index < -0.39 is 29.2 Å². The highest BCUT2D eigenvalue weighted by Crippen LogP contribution is 2.55. The normalized spacial score (nSPS) is 29.7. The van der Waals surface area contributed by atoms with Crippen molar-refractivity contribution in [2.45, 2.75) is 51.7 Å². The molecule has 172 valence electrons. The smallest absolute Gasteiger partial charge is 0.234 e. The third-order valence-corrected chi connectivity index (χ3v) is 7.71. The number of ketones is 2. The number of aliphatic hydroxyl groups excluding tert-OH is 1. The molecule has 33 heavy (non-hydrogen) atoms. The summed E-state index contributed by atoms with van der Waals surface area (Å²) >= 11 is 3.21. The Hall–Kier alpha value is -2.58. The number of imide groups is 1. The predicted molar refractivity (Wildman–Crippen MR) is 121 cm³/mol. The lowest BCUT2D eigenvalue weighted by molar-refractivity contribution is -0.145. The van der Waals surface area contributed by atoms with Crippen molar-refractivity contribution in [2.24, 2.45) is 17.8 Å². The van der Waals surface area contributed by atoms with Crippen LogP contribution in [0.2, 0.25) is 0 Å². The molecule has 1 aromatic rings. The molecule has 0 unspecified atom stereocenters. The lowest BCUT2D eigenvalue weighted by atomic mass is 9.60. The van der Waals surface area contributed by atoms with Gasteiger partial charge in [0.1, 0.15) is 18.1 Å². The molecule has 0 aromatic carbocycles. The van der Waals surface area contributed by atoms with Gasteiger partial charge in [-0.15, -0.1) is 0 Å². The van der Waals surface area contributed by atoms with E-state index in [0.29, 0.717) is 29.1 Å². The summed E-state index contributed by atoms with van der Waals surface area (Å²) < 4.78 is 6.02. The van der Waals surface area contributed by atoms with E-state index in [1.165, 1.54) is 11.0 Å². The average molecular weight is 514 g/mol. The molecule has 0 spiro atoms. The van der Waals surface area contributed by atoms with Crippen LogP contribution in [0.5, 0.6) is 0 Å². The van der Waals surface area contributed by atoms with Crippen LogP contribution in [0.25, 0.3) is 0 Å². The highest BCUT2D eigenvalue weighted by molar-refractivity contribution is 9.12. The number of amides is 2. The number of carbonyl (C=O) groups is 4. The number of halogens is 1. The first-order valence-corrected chi connectivity index (χ1v) is 11.8. The summed E-state index contributed by atoms with van der Waals surface area (Å²) in [7, 11) is 0. The van der Waals surface area contributed by atoms with Crippen LogP contribution in [0.4, 0.5) is 0 Å². The largest absolute Gasteiger partial charge is 0.463 e. The van der Waals surface area contributed by atoms with Gasteiger partial charge in [0.25, 0.3) is 0 Å². The number of likely N-dealkylation sites (tertiary alicyclic amines) is 1. The number of rotatable bonds is 2. The zero-order valence-corrected chi connectivity index (χ0v) is 20.1. The maximum atomic E-state index is 13.5. The van der Waals surface area contributed by atoms with Gasteiger partial charge >= 0.3 is 0 Å². The second kappa shape index (κ2) is 7.46. The van der Waals surface area contributed by atoms with E-state index in [1.807, 2.05) is 26.8 Å². The van der Waals surface area contributed by atoms with E-state index in [1.54, 1.807) is 12.1 Å². The summed E-state index contributed by atoms with van der Waals surface area (Å²) in [6.07, 6.45) is 3.84. The quantitative estimate of drug-likeness (QED) is 0.369. The first kappa shape index (κ1) is 22.2. The van der Waals surface area contributed by atoms with Crippen LogP contribution in [-0.4, -0.2) is 38.9 Å². The van der Waals surface area contributed by atoms with Gasteiger partial charge in [-0.05, 0) is 67.6 Å². The van der Waals surface area contributed by atoms with Gasteiger partial charge in [-0.3, -0.25) is 24.1 Å². The Morgan fingerprint density at radius 3 is 2.48 bits per heavy atom. The van der Waals surface area contributed by atoms with E-state index in [-0.39, 0.29) is 40.9 Å². The topological polar surface area (TPSA) is 105 Å². The van der Waals surface area contributed by atoms with E-state index in [0.717, 1.165) is 5.57 Å². The Labute approximate surface area is 199 Å². The van der Waals surface area contributed by atoms with Crippen molar-refractivity contribution >= 4 is 39.3 Å². The minimum Gasteiger partial charge on any atom is -0.463 e. The highest BCUT2D eigenvalue weighted by Gasteiger charge is 2.58. The fraction of sp³-hybridized carbons (Fsp3) is 0.440. The second-order valence-electron chi connectivity index (χ2n) is 10.0. The molecule has 3 aliphatic carbocycles. The molecule has 1 aliphatic heterocycles. The molecule has 2 heterocycles. The molecule has 1 aromatic heterocycles. The first-order valence-electron chi connectivity index (χ1n) is 11.0.